The molecule has 0 N–H and O–H groups in total. The highest BCUT2D eigenvalue weighted by Crippen LogP contribution is 2.37. The Bertz CT molecular complexity index is 550. The number of hydrogen-bond acceptors (Lipinski definition) is 3. The summed E-state index contributed by atoms with van der Waals surface area (Å²) < 4.78 is 0. The Balaban J connectivity index is 2.25. The van der Waals surface area contributed by atoms with Crippen LogP contribution < -0.4 is 4.90 Å². The van der Waals surface area contributed by atoms with Crippen molar-refractivity contribution in [3.05, 3.63) is 27.2 Å². The summed E-state index contributed by atoms with van der Waals surface area (Å²) in [5.74, 6) is -0.0703. The van der Waals surface area contributed by atoms with Gasteiger partial charge in [0.25, 0.3) is 0 Å². The lowest BCUT2D eigenvalue weighted by atomic mass is 10.3. The Kier molecular flexibility index (Phi) is 4.66. The predicted octanol–water partition coefficient (Wildman–Crippen LogP) is 4.03. The monoisotopic (exact) mass is 337 g/mol. The molecule has 1 fully saturated rings. The third kappa shape index (κ3) is 3.37. The maximum atomic E-state index is 12.0. The molecule has 1 aromatic rings. The van der Waals surface area contributed by atoms with Gasteiger partial charge in [-0.25, -0.2) is 0 Å². The van der Waals surface area contributed by atoms with E-state index in [1.54, 1.807) is 11.0 Å². The van der Waals surface area contributed by atoms with Gasteiger partial charge in [-0.05, 0) is 12.1 Å². The van der Waals surface area contributed by atoms with Crippen LogP contribution in [-0.2, 0) is 9.59 Å². The lowest BCUT2D eigenvalue weighted by Crippen LogP contribution is -2.25. The molecule has 1 aromatic carbocycles. The molecule has 0 bridgehead atoms. The molecule has 0 saturated carbocycles. The number of amides is 1. The molecule has 1 atom stereocenters. The van der Waals surface area contributed by atoms with E-state index in [1.807, 2.05) is 0 Å². The van der Waals surface area contributed by atoms with Crippen molar-refractivity contribution < 1.29 is 9.59 Å². The van der Waals surface area contributed by atoms with Gasteiger partial charge in [0.15, 0.2) is 5.12 Å². The normalized spacial score (nSPS) is 19.1. The van der Waals surface area contributed by atoms with Gasteiger partial charge in [-0.15, -0.1) is 0 Å². The summed E-state index contributed by atoms with van der Waals surface area (Å²) in [5, 5.41) is 1.01. The summed E-state index contributed by atoms with van der Waals surface area (Å²) in [5.41, 5.74) is 0.535. The van der Waals surface area contributed by atoms with Crippen LogP contribution in [-0.4, -0.2) is 22.8 Å². The van der Waals surface area contributed by atoms with E-state index >= 15 is 0 Å². The Morgan fingerprint density at radius 2 is 1.89 bits per heavy atom. The lowest BCUT2D eigenvalue weighted by Gasteiger charge is -2.18. The van der Waals surface area contributed by atoms with E-state index in [0.717, 1.165) is 0 Å². The second kappa shape index (κ2) is 5.92. The van der Waals surface area contributed by atoms with Gasteiger partial charge in [0.05, 0.1) is 20.8 Å². The van der Waals surface area contributed by atoms with Crippen LogP contribution in [0.4, 0.5) is 5.69 Å². The van der Waals surface area contributed by atoms with Crippen LogP contribution in [0.1, 0.15) is 13.3 Å². The van der Waals surface area contributed by atoms with Gasteiger partial charge >= 0.3 is 0 Å². The third-order valence-corrected chi connectivity index (χ3v) is 4.71. The maximum absolute atomic E-state index is 12.0. The van der Waals surface area contributed by atoms with Crippen molar-refractivity contribution in [2.24, 2.45) is 0 Å². The summed E-state index contributed by atoms with van der Waals surface area (Å²) in [6.45, 7) is 1.94. The van der Waals surface area contributed by atoms with E-state index in [1.165, 1.54) is 24.8 Å². The molecule has 0 aromatic heterocycles. The van der Waals surface area contributed by atoms with E-state index in [-0.39, 0.29) is 16.3 Å². The Labute approximate surface area is 130 Å². The zero-order valence-corrected chi connectivity index (χ0v) is 13.0. The molecular weight excluding hydrogens is 329 g/mol. The van der Waals surface area contributed by atoms with E-state index in [9.17, 15) is 9.59 Å². The molecule has 3 nitrogen and oxygen atoms in total. The summed E-state index contributed by atoms with van der Waals surface area (Å²) in [4.78, 5) is 24.6. The van der Waals surface area contributed by atoms with Crippen LogP contribution in [0.2, 0.25) is 15.1 Å². The molecule has 102 valence electrons. The number of anilines is 1. The van der Waals surface area contributed by atoms with E-state index in [0.29, 0.717) is 33.7 Å². The van der Waals surface area contributed by atoms with Crippen LogP contribution in [0.15, 0.2) is 12.1 Å². The van der Waals surface area contributed by atoms with E-state index in [2.05, 4.69) is 0 Å². The summed E-state index contributed by atoms with van der Waals surface area (Å²) >= 11 is 19.1. The molecule has 0 radical (unpaired) electrons. The number of halogens is 3. The molecule has 7 heteroatoms. The van der Waals surface area contributed by atoms with Gasteiger partial charge in [-0.3, -0.25) is 9.59 Å². The lowest BCUT2D eigenvalue weighted by molar-refractivity contribution is -0.117. The minimum absolute atomic E-state index is 0.000106. The van der Waals surface area contributed by atoms with Crippen molar-refractivity contribution in [3.63, 3.8) is 0 Å². The predicted molar refractivity (Wildman–Crippen MR) is 80.5 cm³/mol. The smallest absolute Gasteiger partial charge is 0.228 e. The van der Waals surface area contributed by atoms with E-state index < -0.39 is 0 Å². The minimum Gasteiger partial charge on any atom is -0.310 e. The molecule has 2 rings (SSSR count). The maximum Gasteiger partial charge on any atom is 0.228 e. The number of rotatable bonds is 2. The molecule has 1 saturated heterocycles. The highest BCUT2D eigenvalue weighted by atomic mass is 35.5. The number of carbonyl (C=O) groups excluding carboxylic acids is 2. The molecule has 0 aliphatic carbocycles. The fourth-order valence-corrected chi connectivity index (χ4v) is 3.50. The largest absolute Gasteiger partial charge is 0.310 e. The first kappa shape index (κ1) is 15.0. The van der Waals surface area contributed by atoms with Crippen molar-refractivity contribution in [3.8, 4) is 0 Å². The average Bonchev–Trinajstić information content (AvgIpc) is 2.63. The zero-order valence-electron chi connectivity index (χ0n) is 9.95. The highest BCUT2D eigenvalue weighted by molar-refractivity contribution is 8.14. The van der Waals surface area contributed by atoms with E-state index in [4.69, 9.17) is 34.8 Å². The standard InChI is InChI=1S/C12H10Cl3NO2S/c1-6(17)19-7-2-12(18)16(5-7)11-4-9(14)8(13)3-10(11)15/h3-4,7H,2,5H2,1H3. The first-order valence-electron chi connectivity index (χ1n) is 5.50. The second-order valence-electron chi connectivity index (χ2n) is 4.16. The molecule has 19 heavy (non-hydrogen) atoms. The zero-order chi connectivity index (χ0) is 14.2. The molecule has 1 amide bonds. The van der Waals surface area contributed by atoms with Crippen LogP contribution in [0.25, 0.3) is 0 Å². The highest BCUT2D eigenvalue weighted by Gasteiger charge is 2.33. The van der Waals surface area contributed by atoms with Crippen molar-refractivity contribution in [1.82, 2.24) is 0 Å². The number of hydrogen-bond donors (Lipinski definition) is 0. The summed E-state index contributed by atoms with van der Waals surface area (Å²) in [6, 6.07) is 3.09. The Morgan fingerprint density at radius 1 is 1.26 bits per heavy atom. The van der Waals surface area contributed by atoms with Gasteiger partial charge in [0.2, 0.25) is 5.91 Å². The Hall–Kier alpha value is -0.420. The number of nitrogens with zero attached hydrogens (tertiary/aromatic N) is 1. The average molecular weight is 339 g/mol. The Morgan fingerprint density at radius 3 is 2.53 bits per heavy atom. The molecule has 1 aliphatic heterocycles. The first-order chi connectivity index (χ1) is 8.88. The van der Waals surface area contributed by atoms with Crippen LogP contribution in [0.3, 0.4) is 0 Å². The third-order valence-electron chi connectivity index (χ3n) is 2.70. The number of carbonyl (C=O) groups is 2. The van der Waals surface area contributed by atoms with Gasteiger partial charge in [0.1, 0.15) is 0 Å². The van der Waals surface area contributed by atoms with Gasteiger partial charge in [-0.1, -0.05) is 46.6 Å². The van der Waals surface area contributed by atoms with Crippen molar-refractivity contribution in [2.75, 3.05) is 11.4 Å². The first-order valence-corrected chi connectivity index (χ1v) is 7.52. The molecule has 1 unspecified atom stereocenters. The SMILES string of the molecule is CC(=O)SC1CC(=O)N(c2cc(Cl)c(Cl)cc2Cl)C1. The fourth-order valence-electron chi connectivity index (χ4n) is 1.94. The molecular formula is C12H10Cl3NO2S. The molecule has 1 heterocycles. The quantitative estimate of drug-likeness (QED) is 0.764. The topological polar surface area (TPSA) is 37.4 Å². The van der Waals surface area contributed by atoms with Gasteiger partial charge in [-0.2, -0.15) is 0 Å². The molecule has 0 spiro atoms. The van der Waals surface area contributed by atoms with Crippen LogP contribution in [0, 0.1) is 0 Å². The molecule has 1 aliphatic rings. The number of thioether (sulfide) groups is 1. The minimum atomic E-state index is -0.0703. The summed E-state index contributed by atoms with van der Waals surface area (Å²) in [7, 11) is 0. The van der Waals surface area contributed by atoms with Crippen LogP contribution >= 0.6 is 46.6 Å². The van der Waals surface area contributed by atoms with Gasteiger partial charge < -0.3 is 4.90 Å². The number of benzene rings is 1. The second-order valence-corrected chi connectivity index (χ2v) is 6.86. The van der Waals surface area contributed by atoms with Crippen molar-refractivity contribution >= 4 is 63.3 Å². The van der Waals surface area contributed by atoms with Crippen molar-refractivity contribution in [1.29, 1.82) is 0 Å². The van der Waals surface area contributed by atoms with Gasteiger partial charge in [0, 0.05) is 25.1 Å². The van der Waals surface area contributed by atoms with Crippen LogP contribution in [0.5, 0.6) is 0 Å². The summed E-state index contributed by atoms with van der Waals surface area (Å²) in [6.07, 6.45) is 0.320. The fraction of sp³-hybridized carbons (Fsp3) is 0.333. The van der Waals surface area contributed by atoms with Crippen molar-refractivity contribution in [2.45, 2.75) is 18.6 Å².